The van der Waals surface area contributed by atoms with Crippen molar-refractivity contribution in [3.05, 3.63) is 64.7 Å². The third-order valence-corrected chi connectivity index (χ3v) is 7.99. The van der Waals surface area contributed by atoms with Gasteiger partial charge in [0.2, 0.25) is 15.9 Å². The van der Waals surface area contributed by atoms with Crippen LogP contribution in [0.25, 0.3) is 0 Å². The highest BCUT2D eigenvalue weighted by molar-refractivity contribution is 7.98. The number of anilines is 1. The summed E-state index contributed by atoms with van der Waals surface area (Å²) in [5.74, 6) is 1.11. The number of thioether (sulfide) groups is 1. The van der Waals surface area contributed by atoms with Gasteiger partial charge in [0, 0.05) is 36.0 Å². The molecule has 1 heterocycles. The van der Waals surface area contributed by atoms with Crippen molar-refractivity contribution >= 4 is 50.9 Å². The summed E-state index contributed by atoms with van der Waals surface area (Å²) in [7, 11) is -3.70. The lowest BCUT2D eigenvalue weighted by atomic mass is 10.1. The van der Waals surface area contributed by atoms with Gasteiger partial charge in [0.15, 0.2) is 0 Å². The molecule has 0 aromatic heterocycles. The van der Waals surface area contributed by atoms with Crippen LogP contribution in [0.15, 0.2) is 48.5 Å². The largest absolute Gasteiger partial charge is 0.378 e. The summed E-state index contributed by atoms with van der Waals surface area (Å²) in [4.78, 5) is 26.8. The predicted octanol–water partition coefficient (Wildman–Crippen LogP) is 3.02. The number of carbonyl (C=O) groups is 2. The minimum absolute atomic E-state index is 0.129. The Hall–Kier alpha value is -2.27. The molecule has 2 aromatic carbocycles. The second kappa shape index (κ2) is 13.2. The van der Waals surface area contributed by atoms with Gasteiger partial charge in [0.1, 0.15) is 6.54 Å². The van der Waals surface area contributed by atoms with Gasteiger partial charge in [-0.3, -0.25) is 13.9 Å². The molecule has 11 heteroatoms. The number of sulfonamides is 1. The molecule has 0 bridgehead atoms. The van der Waals surface area contributed by atoms with Crippen molar-refractivity contribution in [3.63, 3.8) is 0 Å². The summed E-state index contributed by atoms with van der Waals surface area (Å²) in [6.07, 6.45) is 1.80. The molecule has 1 saturated heterocycles. The molecule has 3 rings (SSSR count). The fourth-order valence-corrected chi connectivity index (χ4v) is 5.61. The Morgan fingerprint density at radius 3 is 2.46 bits per heavy atom. The molecule has 2 aromatic rings. The summed E-state index contributed by atoms with van der Waals surface area (Å²) in [5, 5.41) is 3.52. The number of rotatable bonds is 11. The van der Waals surface area contributed by atoms with Gasteiger partial charge in [-0.05, 0) is 48.1 Å². The highest BCUT2D eigenvalue weighted by Crippen LogP contribution is 2.21. The Morgan fingerprint density at radius 1 is 1.11 bits per heavy atom. The highest BCUT2D eigenvalue weighted by atomic mass is 35.5. The van der Waals surface area contributed by atoms with E-state index >= 15 is 0 Å². The first-order valence-corrected chi connectivity index (χ1v) is 14.7. The van der Waals surface area contributed by atoms with Crippen molar-refractivity contribution in [2.24, 2.45) is 0 Å². The van der Waals surface area contributed by atoms with Crippen molar-refractivity contribution in [3.8, 4) is 0 Å². The molecule has 8 nitrogen and oxygen atoms in total. The van der Waals surface area contributed by atoms with Gasteiger partial charge in [-0.15, -0.1) is 0 Å². The van der Waals surface area contributed by atoms with Crippen LogP contribution in [0.5, 0.6) is 0 Å². The smallest absolute Gasteiger partial charge is 0.254 e. The van der Waals surface area contributed by atoms with Crippen LogP contribution in [-0.4, -0.2) is 76.5 Å². The fourth-order valence-electron chi connectivity index (χ4n) is 3.51. The van der Waals surface area contributed by atoms with Crippen LogP contribution in [0.1, 0.15) is 22.3 Å². The van der Waals surface area contributed by atoms with E-state index in [2.05, 4.69) is 5.32 Å². The number of nitrogens with zero attached hydrogens (tertiary/aromatic N) is 2. The Balaban J connectivity index is 1.48. The number of nitrogens with one attached hydrogen (secondary N) is 1. The molecule has 1 fully saturated rings. The molecular weight excluding hydrogens is 510 g/mol. The summed E-state index contributed by atoms with van der Waals surface area (Å²) < 4.78 is 31.0. The number of hydrogen-bond donors (Lipinski definition) is 1. The van der Waals surface area contributed by atoms with Crippen molar-refractivity contribution in [2.75, 3.05) is 55.7 Å². The molecule has 0 radical (unpaired) electrons. The van der Waals surface area contributed by atoms with Crippen molar-refractivity contribution in [2.45, 2.75) is 12.2 Å². The molecule has 35 heavy (non-hydrogen) atoms. The number of morpholine rings is 1. The lowest BCUT2D eigenvalue weighted by Crippen LogP contribution is -2.41. The van der Waals surface area contributed by atoms with Crippen LogP contribution in [0.2, 0.25) is 5.02 Å². The zero-order valence-electron chi connectivity index (χ0n) is 19.6. The molecule has 190 valence electrons. The molecule has 0 saturated carbocycles. The molecule has 0 spiro atoms. The van der Waals surface area contributed by atoms with E-state index in [4.69, 9.17) is 16.3 Å². The minimum Gasteiger partial charge on any atom is -0.378 e. The summed E-state index contributed by atoms with van der Waals surface area (Å²) in [6.45, 7) is 2.16. The first-order valence-electron chi connectivity index (χ1n) is 11.3. The Bertz CT molecular complexity index is 1110. The topological polar surface area (TPSA) is 96.0 Å². The average molecular weight is 540 g/mol. The monoisotopic (exact) mass is 539 g/mol. The molecule has 1 aliphatic heterocycles. The van der Waals surface area contributed by atoms with E-state index in [0.717, 1.165) is 39.1 Å². The first-order chi connectivity index (χ1) is 16.8. The number of halogens is 1. The van der Waals surface area contributed by atoms with E-state index in [1.54, 1.807) is 40.9 Å². The number of ether oxygens (including phenoxy) is 1. The third kappa shape index (κ3) is 8.42. The number of benzene rings is 2. The number of amides is 2. The van der Waals surface area contributed by atoms with Gasteiger partial charge in [-0.25, -0.2) is 8.42 Å². The minimum atomic E-state index is -3.70. The third-order valence-electron chi connectivity index (χ3n) is 5.39. The van der Waals surface area contributed by atoms with E-state index in [-0.39, 0.29) is 18.4 Å². The Morgan fingerprint density at radius 2 is 1.80 bits per heavy atom. The molecule has 2 amide bonds. The maximum Gasteiger partial charge on any atom is 0.254 e. The Labute approximate surface area is 216 Å². The standard InChI is InChI=1S/C24H30ClN3O5S2/c1-35(31,32)28(21-9-7-19(8-10-21)24(30)27-12-14-33-15-13-27)17-23(29)26-11-4-16-34-18-20-5-2-3-6-22(20)25/h2-3,5-10H,4,11-18H2,1H3,(H,26,29). The van der Waals surface area contributed by atoms with Gasteiger partial charge in [0.25, 0.3) is 5.91 Å². The second-order valence-corrected chi connectivity index (χ2v) is 11.5. The van der Waals surface area contributed by atoms with E-state index in [1.807, 2.05) is 24.3 Å². The van der Waals surface area contributed by atoms with E-state index in [1.165, 1.54) is 0 Å². The van der Waals surface area contributed by atoms with E-state index in [9.17, 15) is 18.0 Å². The van der Waals surface area contributed by atoms with Gasteiger partial charge in [-0.2, -0.15) is 11.8 Å². The van der Waals surface area contributed by atoms with E-state index < -0.39 is 10.0 Å². The van der Waals surface area contributed by atoms with Crippen molar-refractivity contribution in [1.29, 1.82) is 0 Å². The first kappa shape index (κ1) is 27.3. The van der Waals surface area contributed by atoms with Gasteiger partial charge < -0.3 is 15.0 Å². The normalized spacial score (nSPS) is 13.9. The lowest BCUT2D eigenvalue weighted by molar-refractivity contribution is -0.119. The summed E-state index contributed by atoms with van der Waals surface area (Å²) >= 11 is 7.87. The molecular formula is C24H30ClN3O5S2. The molecule has 1 N–H and O–H groups in total. The number of hydrogen-bond acceptors (Lipinski definition) is 6. The van der Waals surface area contributed by atoms with Crippen LogP contribution in [0.4, 0.5) is 5.69 Å². The SMILES string of the molecule is CS(=O)(=O)N(CC(=O)NCCCSCc1ccccc1Cl)c1ccc(C(=O)N2CCOCC2)cc1. The number of carbonyl (C=O) groups excluding carboxylic acids is 2. The van der Waals surface area contributed by atoms with Gasteiger partial charge in [0.05, 0.1) is 25.2 Å². The van der Waals surface area contributed by atoms with Crippen LogP contribution in [0.3, 0.4) is 0 Å². The zero-order valence-corrected chi connectivity index (χ0v) is 22.0. The summed E-state index contributed by atoms with van der Waals surface area (Å²) in [6, 6.07) is 14.0. The van der Waals surface area contributed by atoms with E-state index in [0.29, 0.717) is 44.1 Å². The lowest BCUT2D eigenvalue weighted by Gasteiger charge is -2.27. The molecule has 0 unspecified atom stereocenters. The maximum atomic E-state index is 12.6. The Kier molecular flexibility index (Phi) is 10.3. The van der Waals surface area contributed by atoms with Crippen LogP contribution in [0, 0.1) is 0 Å². The quantitative estimate of drug-likeness (QED) is 0.441. The predicted molar refractivity (Wildman–Crippen MR) is 141 cm³/mol. The molecule has 1 aliphatic rings. The molecule has 0 atom stereocenters. The summed E-state index contributed by atoms with van der Waals surface area (Å²) in [5.41, 5.74) is 1.86. The maximum absolute atomic E-state index is 12.6. The van der Waals surface area contributed by atoms with Crippen LogP contribution >= 0.6 is 23.4 Å². The van der Waals surface area contributed by atoms with Crippen LogP contribution < -0.4 is 9.62 Å². The van der Waals surface area contributed by atoms with Gasteiger partial charge >= 0.3 is 0 Å². The van der Waals surface area contributed by atoms with Crippen molar-refractivity contribution in [1.82, 2.24) is 10.2 Å². The van der Waals surface area contributed by atoms with Crippen molar-refractivity contribution < 1.29 is 22.7 Å². The fraction of sp³-hybridized carbons (Fsp3) is 0.417. The highest BCUT2D eigenvalue weighted by Gasteiger charge is 2.22. The van der Waals surface area contributed by atoms with Crippen LogP contribution in [-0.2, 0) is 25.3 Å². The van der Waals surface area contributed by atoms with Gasteiger partial charge in [-0.1, -0.05) is 29.8 Å². The molecule has 0 aliphatic carbocycles. The zero-order chi connectivity index (χ0) is 25.3. The second-order valence-electron chi connectivity index (χ2n) is 8.07. The average Bonchev–Trinajstić information content (AvgIpc) is 2.85.